The number of carboxylic acids is 1. The average molecular weight is 479 g/mol. The molecule has 1 fully saturated rings. The van der Waals surface area contributed by atoms with E-state index < -0.39 is 29.4 Å². The second kappa shape index (κ2) is 10.1. The van der Waals surface area contributed by atoms with Crippen molar-refractivity contribution in [2.45, 2.75) is 64.5 Å². The lowest BCUT2D eigenvalue weighted by atomic mass is 9.83. The first-order valence-corrected chi connectivity index (χ1v) is 12.3. The van der Waals surface area contributed by atoms with E-state index in [1.807, 2.05) is 45.0 Å². The molecular formula is C28H34N2O5. The standard InChI is InChI=1S/C28H34N2O5/c1-28(2,3)24(25(31)29-18-10-8-9-17(15-18)26(32)33)30-27(34)35-16-23-21-13-6-4-11-19(21)20-12-5-7-14-22(20)23/h4-7,11-14,17-18,23-24H,8-10,15-16H2,1-3H3,(H,29,31)(H,30,34)(H,32,33)/t17-,18+,24-/m1/s1. The molecule has 0 unspecified atom stereocenters. The first-order chi connectivity index (χ1) is 16.6. The summed E-state index contributed by atoms with van der Waals surface area (Å²) in [6, 6.07) is 15.2. The largest absolute Gasteiger partial charge is 0.481 e. The molecule has 0 spiro atoms. The molecule has 35 heavy (non-hydrogen) atoms. The second-order valence-electron chi connectivity index (χ2n) is 10.7. The van der Waals surface area contributed by atoms with Gasteiger partial charge < -0.3 is 20.5 Å². The van der Waals surface area contributed by atoms with Gasteiger partial charge in [-0.1, -0.05) is 75.7 Å². The van der Waals surface area contributed by atoms with E-state index in [0.29, 0.717) is 12.8 Å². The Morgan fingerprint density at radius 3 is 2.17 bits per heavy atom. The van der Waals surface area contributed by atoms with Gasteiger partial charge >= 0.3 is 12.1 Å². The molecule has 0 bridgehead atoms. The number of rotatable bonds is 6. The van der Waals surface area contributed by atoms with Crippen LogP contribution >= 0.6 is 0 Å². The van der Waals surface area contributed by atoms with Crippen LogP contribution in [0.1, 0.15) is 63.5 Å². The lowest BCUT2D eigenvalue weighted by Crippen LogP contribution is -2.56. The zero-order valence-electron chi connectivity index (χ0n) is 20.5. The third kappa shape index (κ3) is 5.50. The number of alkyl carbamates (subject to hydrolysis) is 1. The van der Waals surface area contributed by atoms with Crippen molar-refractivity contribution >= 4 is 18.0 Å². The van der Waals surface area contributed by atoms with Gasteiger partial charge in [0.25, 0.3) is 0 Å². The van der Waals surface area contributed by atoms with Gasteiger partial charge in [0.1, 0.15) is 12.6 Å². The van der Waals surface area contributed by atoms with E-state index in [-0.39, 0.29) is 24.5 Å². The topological polar surface area (TPSA) is 105 Å². The van der Waals surface area contributed by atoms with Crippen molar-refractivity contribution in [1.82, 2.24) is 10.6 Å². The Labute approximate surface area is 206 Å². The third-order valence-corrected chi connectivity index (χ3v) is 7.10. The van der Waals surface area contributed by atoms with Crippen molar-refractivity contribution in [3.63, 3.8) is 0 Å². The van der Waals surface area contributed by atoms with Crippen LogP contribution in [0, 0.1) is 11.3 Å². The van der Waals surface area contributed by atoms with E-state index in [0.717, 1.165) is 35.1 Å². The van der Waals surface area contributed by atoms with Gasteiger partial charge in [-0.3, -0.25) is 9.59 Å². The Kier molecular flexibility index (Phi) is 7.15. The van der Waals surface area contributed by atoms with Crippen LogP contribution in [0.15, 0.2) is 48.5 Å². The summed E-state index contributed by atoms with van der Waals surface area (Å²) in [6.45, 7) is 5.80. The molecule has 0 aromatic heterocycles. The smallest absolute Gasteiger partial charge is 0.407 e. The molecule has 7 heteroatoms. The molecule has 2 aliphatic rings. The number of fused-ring (bicyclic) bond motifs is 3. The fraction of sp³-hybridized carbons (Fsp3) is 0.464. The van der Waals surface area contributed by atoms with Gasteiger partial charge in [0.2, 0.25) is 5.91 Å². The van der Waals surface area contributed by atoms with Crippen LogP contribution in [0.2, 0.25) is 0 Å². The molecule has 1 saturated carbocycles. The molecule has 2 aliphatic carbocycles. The van der Waals surface area contributed by atoms with Crippen molar-refractivity contribution in [1.29, 1.82) is 0 Å². The van der Waals surface area contributed by atoms with Gasteiger partial charge in [-0.25, -0.2) is 4.79 Å². The Morgan fingerprint density at radius 1 is 1.00 bits per heavy atom. The predicted octanol–water partition coefficient (Wildman–Crippen LogP) is 4.70. The number of benzene rings is 2. The van der Waals surface area contributed by atoms with E-state index in [4.69, 9.17) is 4.74 Å². The molecule has 2 amide bonds. The van der Waals surface area contributed by atoms with Gasteiger partial charge in [0, 0.05) is 12.0 Å². The highest BCUT2D eigenvalue weighted by molar-refractivity contribution is 5.87. The van der Waals surface area contributed by atoms with Crippen LogP contribution in [0.3, 0.4) is 0 Å². The monoisotopic (exact) mass is 478 g/mol. The maximum absolute atomic E-state index is 13.1. The number of nitrogens with one attached hydrogen (secondary N) is 2. The maximum Gasteiger partial charge on any atom is 0.407 e. The van der Waals surface area contributed by atoms with Crippen LogP contribution in [-0.2, 0) is 14.3 Å². The molecule has 3 atom stereocenters. The normalized spacial score (nSPS) is 20.3. The Bertz CT molecular complexity index is 1060. The summed E-state index contributed by atoms with van der Waals surface area (Å²) in [7, 11) is 0. The molecule has 186 valence electrons. The second-order valence-corrected chi connectivity index (χ2v) is 10.7. The summed E-state index contributed by atoms with van der Waals surface area (Å²) >= 11 is 0. The van der Waals surface area contributed by atoms with E-state index in [9.17, 15) is 19.5 Å². The molecule has 3 N–H and O–H groups in total. The van der Waals surface area contributed by atoms with Crippen molar-refractivity contribution in [2.75, 3.05) is 6.61 Å². The Morgan fingerprint density at radius 2 is 1.60 bits per heavy atom. The SMILES string of the molecule is CC(C)(C)[C@H](NC(=O)OCC1c2ccccc2-c2ccccc21)C(=O)N[C@H]1CCC[C@@H](C(=O)O)C1. The van der Waals surface area contributed by atoms with E-state index in [1.54, 1.807) is 0 Å². The summed E-state index contributed by atoms with van der Waals surface area (Å²) in [4.78, 5) is 37.3. The number of carbonyl (C=O) groups excluding carboxylic acids is 2. The number of carboxylic acid groups (broad SMARTS) is 1. The molecule has 0 saturated heterocycles. The number of amides is 2. The Balaban J connectivity index is 1.40. The summed E-state index contributed by atoms with van der Waals surface area (Å²) < 4.78 is 5.65. The van der Waals surface area contributed by atoms with Gasteiger partial charge in [0.15, 0.2) is 0 Å². The van der Waals surface area contributed by atoms with Crippen molar-refractivity contribution in [3.05, 3.63) is 59.7 Å². The minimum absolute atomic E-state index is 0.0646. The lowest BCUT2D eigenvalue weighted by Gasteiger charge is -2.33. The third-order valence-electron chi connectivity index (χ3n) is 7.10. The molecule has 0 heterocycles. The number of carbonyl (C=O) groups is 3. The van der Waals surface area contributed by atoms with Crippen LogP contribution in [0.25, 0.3) is 11.1 Å². The van der Waals surface area contributed by atoms with Crippen molar-refractivity contribution in [2.24, 2.45) is 11.3 Å². The van der Waals surface area contributed by atoms with E-state index in [1.165, 1.54) is 0 Å². The van der Waals surface area contributed by atoms with Crippen molar-refractivity contribution in [3.8, 4) is 11.1 Å². The van der Waals surface area contributed by atoms with Crippen LogP contribution in [-0.4, -0.2) is 41.8 Å². The summed E-state index contributed by atoms with van der Waals surface area (Å²) in [5, 5.41) is 15.1. The molecular weight excluding hydrogens is 444 g/mol. The summed E-state index contributed by atoms with van der Waals surface area (Å²) in [5.74, 6) is -1.65. The quantitative estimate of drug-likeness (QED) is 0.558. The minimum Gasteiger partial charge on any atom is -0.481 e. The van der Waals surface area contributed by atoms with E-state index in [2.05, 4.69) is 34.9 Å². The Hall–Kier alpha value is -3.35. The van der Waals surface area contributed by atoms with Gasteiger partial charge in [-0.05, 0) is 46.9 Å². The van der Waals surface area contributed by atoms with Gasteiger partial charge in [-0.2, -0.15) is 0 Å². The zero-order valence-corrected chi connectivity index (χ0v) is 20.5. The summed E-state index contributed by atoms with van der Waals surface area (Å²) in [5.41, 5.74) is 3.98. The molecule has 0 radical (unpaired) electrons. The van der Waals surface area contributed by atoms with E-state index >= 15 is 0 Å². The number of ether oxygens (including phenoxy) is 1. The fourth-order valence-electron chi connectivity index (χ4n) is 5.26. The fourth-order valence-corrected chi connectivity index (χ4v) is 5.26. The van der Waals surface area contributed by atoms with Crippen LogP contribution in [0.5, 0.6) is 0 Å². The highest BCUT2D eigenvalue weighted by atomic mass is 16.5. The van der Waals surface area contributed by atoms with Crippen molar-refractivity contribution < 1.29 is 24.2 Å². The highest BCUT2D eigenvalue weighted by Gasteiger charge is 2.36. The highest BCUT2D eigenvalue weighted by Crippen LogP contribution is 2.44. The molecule has 4 rings (SSSR count). The first kappa shape index (κ1) is 24.8. The van der Waals surface area contributed by atoms with Crippen LogP contribution < -0.4 is 10.6 Å². The maximum atomic E-state index is 13.1. The summed E-state index contributed by atoms with van der Waals surface area (Å²) in [6.07, 6.45) is 1.87. The molecule has 7 nitrogen and oxygen atoms in total. The van der Waals surface area contributed by atoms with Gasteiger partial charge in [0.05, 0.1) is 5.92 Å². The van der Waals surface area contributed by atoms with Crippen LogP contribution in [0.4, 0.5) is 4.79 Å². The predicted molar refractivity (Wildman–Crippen MR) is 133 cm³/mol. The average Bonchev–Trinajstić information content (AvgIpc) is 3.14. The zero-order chi connectivity index (χ0) is 25.2. The van der Waals surface area contributed by atoms with Gasteiger partial charge in [-0.15, -0.1) is 0 Å². The lowest BCUT2D eigenvalue weighted by molar-refractivity contribution is -0.143. The number of hydrogen-bond acceptors (Lipinski definition) is 4. The minimum atomic E-state index is -0.826. The molecule has 2 aromatic carbocycles. The number of hydrogen-bond donors (Lipinski definition) is 3. The molecule has 0 aliphatic heterocycles. The molecule has 2 aromatic rings. The number of aliphatic carboxylic acids is 1. The first-order valence-electron chi connectivity index (χ1n) is 12.3.